The second-order valence-electron chi connectivity index (χ2n) is 7.49. The van der Waals surface area contributed by atoms with Crippen LogP contribution in [0.4, 0.5) is 5.69 Å². The van der Waals surface area contributed by atoms with Gasteiger partial charge in [0.15, 0.2) is 0 Å². The van der Waals surface area contributed by atoms with Crippen molar-refractivity contribution in [2.24, 2.45) is 0 Å². The summed E-state index contributed by atoms with van der Waals surface area (Å²) in [5.74, 6) is -2.02. The molecule has 0 atom stereocenters. The maximum Gasteiger partial charge on any atom is 0.335 e. The van der Waals surface area contributed by atoms with Crippen LogP contribution in [0.3, 0.4) is 0 Å². The van der Waals surface area contributed by atoms with Crippen molar-refractivity contribution in [1.82, 2.24) is 0 Å². The molecule has 4 aromatic rings. The van der Waals surface area contributed by atoms with Gasteiger partial charge in [0, 0.05) is 22.4 Å². The van der Waals surface area contributed by atoms with Gasteiger partial charge in [0.05, 0.1) is 11.1 Å². The first-order valence-corrected chi connectivity index (χ1v) is 10.0. The van der Waals surface area contributed by atoms with E-state index in [1.54, 1.807) is 36.4 Å². The Bertz CT molecular complexity index is 1360. The van der Waals surface area contributed by atoms with Gasteiger partial charge in [-0.2, -0.15) is 0 Å². The van der Waals surface area contributed by atoms with Crippen molar-refractivity contribution in [3.8, 4) is 33.4 Å². The van der Waals surface area contributed by atoms with Crippen molar-refractivity contribution in [3.05, 3.63) is 102 Å². The van der Waals surface area contributed by atoms with Gasteiger partial charge in [0.1, 0.15) is 6.29 Å². The summed E-state index contributed by atoms with van der Waals surface area (Å²) < 4.78 is 0. The highest BCUT2D eigenvalue weighted by molar-refractivity contribution is 5.95. The molecule has 4 N–H and O–H groups in total. The van der Waals surface area contributed by atoms with Crippen molar-refractivity contribution in [2.75, 3.05) is 5.73 Å². The first-order valence-electron chi connectivity index (χ1n) is 10.0. The number of carboxylic acid groups (broad SMARTS) is 2. The van der Waals surface area contributed by atoms with Crippen LogP contribution < -0.4 is 5.73 Å². The summed E-state index contributed by atoms with van der Waals surface area (Å²) in [6, 6.07) is 23.8. The van der Waals surface area contributed by atoms with Crippen LogP contribution in [0.1, 0.15) is 31.1 Å². The van der Waals surface area contributed by atoms with E-state index in [1.165, 1.54) is 24.3 Å². The molecule has 6 heteroatoms. The normalized spacial score (nSPS) is 10.5. The highest BCUT2D eigenvalue weighted by Crippen LogP contribution is 2.39. The zero-order valence-corrected chi connectivity index (χ0v) is 17.4. The van der Waals surface area contributed by atoms with E-state index in [4.69, 9.17) is 5.73 Å². The van der Waals surface area contributed by atoms with Crippen LogP contribution in [0.2, 0.25) is 0 Å². The minimum absolute atomic E-state index is 0.169. The first-order chi connectivity index (χ1) is 15.9. The topological polar surface area (TPSA) is 118 Å². The van der Waals surface area contributed by atoms with Crippen LogP contribution >= 0.6 is 0 Å². The Labute approximate surface area is 189 Å². The van der Waals surface area contributed by atoms with Gasteiger partial charge in [-0.25, -0.2) is 9.59 Å². The number of nitrogen functional groups attached to an aromatic ring is 1. The van der Waals surface area contributed by atoms with Gasteiger partial charge >= 0.3 is 11.9 Å². The molecule has 162 valence electrons. The number of nitrogens with two attached hydrogens (primary N) is 1. The van der Waals surface area contributed by atoms with Gasteiger partial charge in [-0.15, -0.1) is 0 Å². The predicted molar refractivity (Wildman–Crippen MR) is 126 cm³/mol. The van der Waals surface area contributed by atoms with Crippen molar-refractivity contribution in [1.29, 1.82) is 0 Å². The van der Waals surface area contributed by atoms with E-state index in [9.17, 15) is 24.6 Å². The lowest BCUT2D eigenvalue weighted by molar-refractivity contribution is 0.0686. The van der Waals surface area contributed by atoms with Crippen molar-refractivity contribution in [2.45, 2.75) is 0 Å². The van der Waals surface area contributed by atoms with Gasteiger partial charge in [-0.3, -0.25) is 4.79 Å². The van der Waals surface area contributed by atoms with Crippen molar-refractivity contribution >= 4 is 23.9 Å². The standard InChI is InChI=1S/C27H19NO5/c28-25-23(18-3-1-16(15-29)2-4-18)13-22(17-5-9-20(10-6-17)26(30)31)14-24(25)19-7-11-21(12-8-19)27(32)33/h1-15H,28H2,(H,30,31)(H,32,33). The number of aromatic carboxylic acids is 2. The van der Waals surface area contributed by atoms with Gasteiger partial charge in [0.2, 0.25) is 0 Å². The van der Waals surface area contributed by atoms with E-state index in [2.05, 4.69) is 0 Å². The Kier molecular flexibility index (Phi) is 5.74. The molecule has 0 aliphatic heterocycles. The molecule has 0 fully saturated rings. The van der Waals surface area contributed by atoms with E-state index in [-0.39, 0.29) is 11.1 Å². The molecule has 0 aliphatic carbocycles. The van der Waals surface area contributed by atoms with E-state index in [0.717, 1.165) is 34.1 Å². The maximum absolute atomic E-state index is 11.2. The molecule has 0 saturated heterocycles. The molecule has 0 amide bonds. The molecular weight excluding hydrogens is 418 g/mol. The molecule has 0 spiro atoms. The fourth-order valence-electron chi connectivity index (χ4n) is 3.64. The zero-order chi connectivity index (χ0) is 23.5. The molecule has 0 radical (unpaired) electrons. The van der Waals surface area contributed by atoms with E-state index < -0.39 is 11.9 Å². The fraction of sp³-hybridized carbons (Fsp3) is 0. The molecule has 0 aromatic heterocycles. The Balaban J connectivity index is 1.90. The van der Waals surface area contributed by atoms with Crippen LogP contribution in [0.5, 0.6) is 0 Å². The third-order valence-electron chi connectivity index (χ3n) is 5.45. The summed E-state index contributed by atoms with van der Waals surface area (Å²) >= 11 is 0. The fourth-order valence-corrected chi connectivity index (χ4v) is 3.64. The third-order valence-corrected chi connectivity index (χ3v) is 5.45. The van der Waals surface area contributed by atoms with Crippen LogP contribution in [-0.4, -0.2) is 28.4 Å². The summed E-state index contributed by atoms with van der Waals surface area (Å²) in [4.78, 5) is 33.5. The number of carbonyl (C=O) groups is 3. The summed E-state index contributed by atoms with van der Waals surface area (Å²) in [7, 11) is 0. The van der Waals surface area contributed by atoms with Gasteiger partial charge in [-0.1, -0.05) is 48.5 Å². The number of hydrogen-bond acceptors (Lipinski definition) is 4. The van der Waals surface area contributed by atoms with Gasteiger partial charge < -0.3 is 15.9 Å². The second kappa shape index (κ2) is 8.80. The SMILES string of the molecule is Nc1c(-c2ccc(C=O)cc2)cc(-c2ccc(C(=O)O)cc2)cc1-c1ccc(C(=O)O)cc1. The highest BCUT2D eigenvalue weighted by atomic mass is 16.4. The molecule has 0 bridgehead atoms. The van der Waals surface area contributed by atoms with Gasteiger partial charge in [-0.05, 0) is 58.7 Å². The minimum atomic E-state index is -1.02. The van der Waals surface area contributed by atoms with E-state index in [1.807, 2.05) is 24.3 Å². The molecule has 0 heterocycles. The summed E-state index contributed by atoms with van der Waals surface area (Å²) in [6.45, 7) is 0. The van der Waals surface area contributed by atoms with E-state index in [0.29, 0.717) is 16.8 Å². The molecule has 4 aromatic carbocycles. The van der Waals surface area contributed by atoms with Crippen LogP contribution in [0.25, 0.3) is 33.4 Å². The van der Waals surface area contributed by atoms with Gasteiger partial charge in [0.25, 0.3) is 0 Å². The number of rotatable bonds is 6. The molecular formula is C27H19NO5. The summed E-state index contributed by atoms with van der Waals surface area (Å²) in [5, 5.41) is 18.4. The zero-order valence-electron chi connectivity index (χ0n) is 17.4. The van der Waals surface area contributed by atoms with Crippen molar-refractivity contribution in [3.63, 3.8) is 0 Å². The monoisotopic (exact) mass is 437 g/mol. The molecule has 6 nitrogen and oxygen atoms in total. The van der Waals surface area contributed by atoms with E-state index >= 15 is 0 Å². The molecule has 0 aliphatic rings. The lowest BCUT2D eigenvalue weighted by Gasteiger charge is -2.16. The first kappa shape index (κ1) is 21.5. The number of hydrogen-bond donors (Lipinski definition) is 3. The Morgan fingerprint density at radius 1 is 0.606 bits per heavy atom. The highest BCUT2D eigenvalue weighted by Gasteiger charge is 2.14. The molecule has 4 rings (SSSR count). The minimum Gasteiger partial charge on any atom is -0.478 e. The average Bonchev–Trinajstić information content (AvgIpc) is 2.84. The van der Waals surface area contributed by atoms with Crippen LogP contribution in [0.15, 0.2) is 84.9 Å². The summed E-state index contributed by atoms with van der Waals surface area (Å²) in [6.07, 6.45) is 0.767. The van der Waals surface area contributed by atoms with Crippen molar-refractivity contribution < 1.29 is 24.6 Å². The lowest BCUT2D eigenvalue weighted by Crippen LogP contribution is -1.98. The lowest BCUT2D eigenvalue weighted by atomic mass is 9.90. The largest absolute Gasteiger partial charge is 0.478 e. The number of anilines is 1. The maximum atomic E-state index is 11.2. The quantitative estimate of drug-likeness (QED) is 0.272. The Morgan fingerprint density at radius 3 is 1.39 bits per heavy atom. The Morgan fingerprint density at radius 2 is 1.00 bits per heavy atom. The molecule has 33 heavy (non-hydrogen) atoms. The molecule has 0 saturated carbocycles. The number of carbonyl (C=O) groups excluding carboxylic acids is 1. The average molecular weight is 437 g/mol. The number of carboxylic acids is 2. The number of aldehydes is 1. The van der Waals surface area contributed by atoms with Crippen LogP contribution in [-0.2, 0) is 0 Å². The molecule has 0 unspecified atom stereocenters. The van der Waals surface area contributed by atoms with Crippen LogP contribution in [0, 0.1) is 0 Å². The predicted octanol–water partition coefficient (Wildman–Crippen LogP) is 5.48. The third kappa shape index (κ3) is 4.36. The smallest absolute Gasteiger partial charge is 0.335 e. The second-order valence-corrected chi connectivity index (χ2v) is 7.49. The number of benzene rings is 4. The summed E-state index contributed by atoms with van der Waals surface area (Å²) in [5.41, 5.74) is 12.6. The Hall–Kier alpha value is -4.71.